The van der Waals surface area contributed by atoms with Crippen LogP contribution >= 0.6 is 0 Å². The van der Waals surface area contributed by atoms with Crippen LogP contribution in [0.3, 0.4) is 0 Å². The molecule has 0 atom stereocenters. The molecule has 0 spiro atoms. The smallest absolute Gasteiger partial charge is 0.144 e. The van der Waals surface area contributed by atoms with Gasteiger partial charge in [0, 0.05) is 30.7 Å². The van der Waals surface area contributed by atoms with Crippen LogP contribution in [-0.2, 0) is 13.6 Å². The molecular formula is C15H16N4. The second kappa shape index (κ2) is 4.82. The van der Waals surface area contributed by atoms with Crippen LogP contribution in [0.1, 0.15) is 5.56 Å². The van der Waals surface area contributed by atoms with Crippen molar-refractivity contribution in [3.05, 3.63) is 48.4 Å². The summed E-state index contributed by atoms with van der Waals surface area (Å²) in [7, 11) is 3.97. The number of aryl methyl sites for hydroxylation is 1. The molecule has 4 nitrogen and oxygen atoms in total. The van der Waals surface area contributed by atoms with E-state index in [0.717, 1.165) is 28.8 Å². The van der Waals surface area contributed by atoms with Gasteiger partial charge >= 0.3 is 0 Å². The first-order chi connectivity index (χ1) is 9.31. The maximum Gasteiger partial charge on any atom is 0.144 e. The third-order valence-electron chi connectivity index (χ3n) is 3.25. The van der Waals surface area contributed by atoms with Gasteiger partial charge in [0.2, 0.25) is 0 Å². The number of hydrogen-bond acceptors (Lipinski definition) is 3. The normalized spacial score (nSPS) is 11.1. The molecule has 0 aliphatic carbocycles. The van der Waals surface area contributed by atoms with E-state index in [1.807, 2.05) is 32.3 Å². The molecule has 1 aromatic carbocycles. The van der Waals surface area contributed by atoms with Crippen molar-refractivity contribution in [1.29, 1.82) is 0 Å². The molecule has 0 aliphatic heterocycles. The van der Waals surface area contributed by atoms with Gasteiger partial charge in [-0.15, -0.1) is 0 Å². The summed E-state index contributed by atoms with van der Waals surface area (Å²) >= 11 is 0. The summed E-state index contributed by atoms with van der Waals surface area (Å²) in [5.74, 6) is 0. The summed E-state index contributed by atoms with van der Waals surface area (Å²) in [4.78, 5) is 8.88. The van der Waals surface area contributed by atoms with Crippen molar-refractivity contribution < 1.29 is 0 Å². The van der Waals surface area contributed by atoms with Crippen molar-refractivity contribution in [3.63, 3.8) is 0 Å². The average Bonchev–Trinajstić information content (AvgIpc) is 2.77. The van der Waals surface area contributed by atoms with Crippen LogP contribution in [0.5, 0.6) is 0 Å². The fourth-order valence-electron chi connectivity index (χ4n) is 2.44. The third kappa shape index (κ3) is 2.00. The van der Waals surface area contributed by atoms with Crippen molar-refractivity contribution in [1.82, 2.24) is 19.9 Å². The van der Waals surface area contributed by atoms with Gasteiger partial charge in [0.15, 0.2) is 0 Å². The van der Waals surface area contributed by atoms with E-state index in [0.29, 0.717) is 0 Å². The minimum Gasteiger partial charge on any atom is -0.335 e. The molecule has 0 saturated carbocycles. The van der Waals surface area contributed by atoms with E-state index in [-0.39, 0.29) is 0 Å². The fraction of sp³-hybridized carbons (Fsp3) is 0.200. The molecule has 0 amide bonds. The molecule has 0 unspecified atom stereocenters. The molecule has 1 N–H and O–H groups in total. The Hall–Kier alpha value is -2.20. The molecule has 2 aromatic heterocycles. The number of benzene rings is 1. The molecule has 0 bridgehead atoms. The molecule has 4 heteroatoms. The summed E-state index contributed by atoms with van der Waals surface area (Å²) in [5.41, 5.74) is 4.31. The van der Waals surface area contributed by atoms with E-state index in [4.69, 9.17) is 0 Å². The topological polar surface area (TPSA) is 42.7 Å². The highest BCUT2D eigenvalue weighted by atomic mass is 15.0. The summed E-state index contributed by atoms with van der Waals surface area (Å²) < 4.78 is 2.05. The number of rotatable bonds is 3. The van der Waals surface area contributed by atoms with Crippen molar-refractivity contribution in [2.24, 2.45) is 7.05 Å². The lowest BCUT2D eigenvalue weighted by atomic mass is 10.1. The highest BCUT2D eigenvalue weighted by Gasteiger charge is 2.13. The van der Waals surface area contributed by atoms with Crippen LogP contribution in [0, 0.1) is 0 Å². The first-order valence-electron chi connectivity index (χ1n) is 6.30. The Labute approximate surface area is 112 Å². The van der Waals surface area contributed by atoms with E-state index in [1.165, 1.54) is 5.56 Å². The molecule has 19 heavy (non-hydrogen) atoms. The van der Waals surface area contributed by atoms with Crippen LogP contribution in [0.4, 0.5) is 0 Å². The quantitative estimate of drug-likeness (QED) is 0.778. The van der Waals surface area contributed by atoms with Gasteiger partial charge in [-0.1, -0.05) is 30.3 Å². The van der Waals surface area contributed by atoms with Gasteiger partial charge in [0.25, 0.3) is 0 Å². The van der Waals surface area contributed by atoms with Gasteiger partial charge in [-0.2, -0.15) is 0 Å². The Morgan fingerprint density at radius 3 is 2.68 bits per heavy atom. The Morgan fingerprint density at radius 1 is 1.16 bits per heavy atom. The summed E-state index contributed by atoms with van der Waals surface area (Å²) in [6.07, 6.45) is 3.75. The maximum absolute atomic E-state index is 4.48. The molecule has 96 valence electrons. The zero-order chi connectivity index (χ0) is 13.2. The number of nitrogens with zero attached hydrogens (tertiary/aromatic N) is 3. The van der Waals surface area contributed by atoms with Gasteiger partial charge in [-0.05, 0) is 12.6 Å². The summed E-state index contributed by atoms with van der Waals surface area (Å²) in [5, 5.41) is 4.33. The monoisotopic (exact) mass is 252 g/mol. The lowest BCUT2D eigenvalue weighted by Crippen LogP contribution is -2.04. The zero-order valence-electron chi connectivity index (χ0n) is 11.1. The predicted octanol–water partition coefficient (Wildman–Crippen LogP) is 2.35. The van der Waals surface area contributed by atoms with Crippen molar-refractivity contribution in [3.8, 4) is 11.3 Å². The zero-order valence-corrected chi connectivity index (χ0v) is 11.1. The molecular weight excluding hydrogens is 236 g/mol. The Kier molecular flexibility index (Phi) is 3.01. The molecule has 2 heterocycles. The van der Waals surface area contributed by atoms with Crippen molar-refractivity contribution >= 4 is 11.0 Å². The van der Waals surface area contributed by atoms with Crippen LogP contribution in [-0.4, -0.2) is 21.6 Å². The van der Waals surface area contributed by atoms with Gasteiger partial charge in [-0.3, -0.25) is 0 Å². The Morgan fingerprint density at radius 2 is 1.95 bits per heavy atom. The number of aromatic nitrogens is 3. The fourth-order valence-corrected chi connectivity index (χ4v) is 2.44. The van der Waals surface area contributed by atoms with Crippen LogP contribution in [0.2, 0.25) is 0 Å². The van der Waals surface area contributed by atoms with E-state index >= 15 is 0 Å². The molecule has 0 fully saturated rings. The molecule has 0 saturated heterocycles. The SMILES string of the molecule is CNCc1cn(C)c2ncnc(-c3ccccc3)c12. The largest absolute Gasteiger partial charge is 0.335 e. The number of fused-ring (bicyclic) bond motifs is 1. The second-order valence-electron chi connectivity index (χ2n) is 4.58. The van der Waals surface area contributed by atoms with E-state index in [2.05, 4.69) is 38.2 Å². The lowest BCUT2D eigenvalue weighted by Gasteiger charge is -2.04. The van der Waals surface area contributed by atoms with Crippen LogP contribution in [0.15, 0.2) is 42.9 Å². The van der Waals surface area contributed by atoms with Crippen LogP contribution in [0.25, 0.3) is 22.3 Å². The predicted molar refractivity (Wildman–Crippen MR) is 76.7 cm³/mol. The lowest BCUT2D eigenvalue weighted by molar-refractivity contribution is 0.815. The standard InChI is InChI=1S/C15H16N4/c1-16-8-12-9-19(2)15-13(12)14(17-10-18-15)11-6-4-3-5-7-11/h3-7,9-10,16H,8H2,1-2H3. The number of nitrogens with one attached hydrogen (secondary N) is 1. The van der Waals surface area contributed by atoms with E-state index in [1.54, 1.807) is 6.33 Å². The highest BCUT2D eigenvalue weighted by Crippen LogP contribution is 2.28. The van der Waals surface area contributed by atoms with E-state index in [9.17, 15) is 0 Å². The minimum atomic E-state index is 0.810. The molecule has 3 aromatic rings. The minimum absolute atomic E-state index is 0.810. The molecule has 0 radical (unpaired) electrons. The van der Waals surface area contributed by atoms with Crippen LogP contribution < -0.4 is 5.32 Å². The van der Waals surface area contributed by atoms with Gasteiger partial charge in [0.1, 0.15) is 12.0 Å². The van der Waals surface area contributed by atoms with Gasteiger partial charge < -0.3 is 9.88 Å². The van der Waals surface area contributed by atoms with E-state index < -0.39 is 0 Å². The summed E-state index contributed by atoms with van der Waals surface area (Å²) in [6, 6.07) is 10.2. The maximum atomic E-state index is 4.48. The Bertz CT molecular complexity index is 701. The third-order valence-corrected chi connectivity index (χ3v) is 3.25. The first-order valence-corrected chi connectivity index (χ1v) is 6.30. The Balaban J connectivity index is 2.30. The average molecular weight is 252 g/mol. The van der Waals surface area contributed by atoms with Gasteiger partial charge in [0.05, 0.1) is 5.69 Å². The molecule has 0 aliphatic rings. The van der Waals surface area contributed by atoms with Crippen molar-refractivity contribution in [2.75, 3.05) is 7.05 Å². The first kappa shape index (κ1) is 11.9. The molecule has 3 rings (SSSR count). The van der Waals surface area contributed by atoms with Gasteiger partial charge in [-0.25, -0.2) is 9.97 Å². The van der Waals surface area contributed by atoms with Crippen molar-refractivity contribution in [2.45, 2.75) is 6.54 Å². The number of hydrogen-bond donors (Lipinski definition) is 1. The highest BCUT2D eigenvalue weighted by molar-refractivity contribution is 5.93. The summed E-state index contributed by atoms with van der Waals surface area (Å²) in [6.45, 7) is 0.810. The second-order valence-corrected chi connectivity index (χ2v) is 4.58.